The molecule has 28 heavy (non-hydrogen) atoms. The zero-order chi connectivity index (χ0) is 19.9. The van der Waals surface area contributed by atoms with E-state index in [1.807, 2.05) is 45.0 Å². The summed E-state index contributed by atoms with van der Waals surface area (Å²) in [6.45, 7) is 5.49. The maximum absolute atomic E-state index is 12.1. The summed E-state index contributed by atoms with van der Waals surface area (Å²) in [7, 11) is 0. The number of carbonyl (C=O) groups is 1. The van der Waals surface area contributed by atoms with Gasteiger partial charge in [-0.1, -0.05) is 17.4 Å². The maximum atomic E-state index is 12.1. The smallest absolute Gasteiger partial charge is 0.412 e. The molecule has 1 aromatic carbocycles. The minimum Gasteiger partial charge on any atom is -0.444 e. The van der Waals surface area contributed by atoms with E-state index in [2.05, 4.69) is 25.2 Å². The molecule has 8 nitrogen and oxygen atoms in total. The van der Waals surface area contributed by atoms with Crippen molar-refractivity contribution in [1.82, 2.24) is 15.0 Å². The molecule has 146 valence electrons. The second-order valence-electron chi connectivity index (χ2n) is 7.69. The number of aromatic nitrogens is 3. The van der Waals surface area contributed by atoms with Crippen LogP contribution in [0.2, 0.25) is 0 Å². The van der Waals surface area contributed by atoms with Crippen molar-refractivity contribution in [2.75, 3.05) is 16.0 Å². The average Bonchev–Trinajstić information content (AvgIpc) is 3.34. The van der Waals surface area contributed by atoms with Crippen LogP contribution in [0.5, 0.6) is 0 Å². The second-order valence-corrected chi connectivity index (χ2v) is 8.70. The summed E-state index contributed by atoms with van der Waals surface area (Å²) < 4.78 is 5.33. The maximum Gasteiger partial charge on any atom is 0.412 e. The van der Waals surface area contributed by atoms with Crippen molar-refractivity contribution in [3.05, 3.63) is 30.5 Å². The third kappa shape index (κ3) is 4.14. The molecule has 1 saturated carbocycles. The number of nitrogen functional groups attached to an aromatic ring is 1. The van der Waals surface area contributed by atoms with Gasteiger partial charge in [0.15, 0.2) is 9.96 Å². The first-order valence-electron chi connectivity index (χ1n) is 9.07. The number of thiazole rings is 1. The predicted octanol–water partition coefficient (Wildman–Crippen LogP) is 4.32. The molecule has 1 amide bonds. The van der Waals surface area contributed by atoms with Gasteiger partial charge in [0.2, 0.25) is 5.95 Å². The number of nitrogens with one attached hydrogen (secondary N) is 1. The standard InChI is InChI=1S/C19H22N6O2S/c1-19(2,3)27-18(26)22-11-5-4-6-13(9-11)25(12-7-8-12)17-21-10-14-15(24-17)28-16(20)23-14/h4-6,9-10,12H,7-8H2,1-3H3,(H2,20,23)(H,22,26). The van der Waals surface area contributed by atoms with Gasteiger partial charge in [-0.25, -0.2) is 14.8 Å². The normalized spacial score (nSPS) is 14.1. The Bertz CT molecular complexity index is 1020. The molecule has 4 rings (SSSR count). The van der Waals surface area contributed by atoms with Crippen LogP contribution < -0.4 is 16.0 Å². The molecule has 0 spiro atoms. The highest BCUT2D eigenvalue weighted by molar-refractivity contribution is 7.21. The van der Waals surface area contributed by atoms with E-state index in [9.17, 15) is 4.79 Å². The molecule has 1 aliphatic carbocycles. The number of nitrogens with two attached hydrogens (primary N) is 1. The Kier molecular flexibility index (Phi) is 4.54. The fourth-order valence-electron chi connectivity index (χ4n) is 2.84. The zero-order valence-corrected chi connectivity index (χ0v) is 16.8. The Labute approximate surface area is 166 Å². The molecule has 0 unspecified atom stereocenters. The molecule has 0 aliphatic heterocycles. The molecule has 9 heteroatoms. The Morgan fingerprint density at radius 3 is 2.82 bits per heavy atom. The monoisotopic (exact) mass is 398 g/mol. The third-order valence-electron chi connectivity index (χ3n) is 4.05. The number of nitrogens with zero attached hydrogens (tertiary/aromatic N) is 4. The molecule has 0 atom stereocenters. The van der Waals surface area contributed by atoms with Crippen molar-refractivity contribution >= 4 is 50.2 Å². The summed E-state index contributed by atoms with van der Waals surface area (Å²) in [5, 5.41) is 3.26. The summed E-state index contributed by atoms with van der Waals surface area (Å²) in [5.41, 5.74) is 7.49. The molecule has 0 radical (unpaired) electrons. The molecule has 3 aromatic rings. The van der Waals surface area contributed by atoms with Gasteiger partial charge in [0.25, 0.3) is 0 Å². The number of fused-ring (bicyclic) bond motifs is 1. The van der Waals surface area contributed by atoms with Crippen molar-refractivity contribution in [3.8, 4) is 0 Å². The van der Waals surface area contributed by atoms with Crippen molar-refractivity contribution in [3.63, 3.8) is 0 Å². The number of amides is 1. The van der Waals surface area contributed by atoms with Gasteiger partial charge in [-0.05, 0) is 51.8 Å². The van der Waals surface area contributed by atoms with Gasteiger partial charge in [0.05, 0.1) is 6.20 Å². The first-order valence-corrected chi connectivity index (χ1v) is 9.88. The molecular formula is C19H22N6O2S. The summed E-state index contributed by atoms with van der Waals surface area (Å²) in [4.78, 5) is 28.3. The summed E-state index contributed by atoms with van der Waals surface area (Å²) >= 11 is 1.34. The number of hydrogen-bond donors (Lipinski definition) is 2. The van der Waals surface area contributed by atoms with Crippen LogP contribution in [-0.4, -0.2) is 32.7 Å². The third-order valence-corrected chi connectivity index (χ3v) is 4.85. The fraction of sp³-hybridized carbons (Fsp3) is 0.368. The fourth-order valence-corrected chi connectivity index (χ4v) is 3.51. The number of anilines is 4. The van der Waals surface area contributed by atoms with Crippen LogP contribution in [0.4, 0.5) is 27.2 Å². The van der Waals surface area contributed by atoms with Crippen molar-refractivity contribution in [2.24, 2.45) is 0 Å². The number of hydrogen-bond acceptors (Lipinski definition) is 8. The number of rotatable bonds is 4. The van der Waals surface area contributed by atoms with Gasteiger partial charge in [-0.3, -0.25) is 5.32 Å². The van der Waals surface area contributed by atoms with E-state index in [4.69, 9.17) is 10.5 Å². The average molecular weight is 398 g/mol. The molecule has 2 aromatic heterocycles. The molecule has 1 fully saturated rings. The zero-order valence-electron chi connectivity index (χ0n) is 16.0. The van der Waals surface area contributed by atoms with Gasteiger partial charge in [0, 0.05) is 17.4 Å². The Morgan fingerprint density at radius 2 is 2.11 bits per heavy atom. The highest BCUT2D eigenvalue weighted by Crippen LogP contribution is 2.38. The Hall–Kier alpha value is -2.94. The molecular weight excluding hydrogens is 376 g/mol. The van der Waals surface area contributed by atoms with E-state index < -0.39 is 11.7 Å². The SMILES string of the molecule is CC(C)(C)OC(=O)Nc1cccc(N(c2ncc3nc(N)sc3n2)C2CC2)c1. The number of benzene rings is 1. The summed E-state index contributed by atoms with van der Waals surface area (Å²) in [6, 6.07) is 7.93. The lowest BCUT2D eigenvalue weighted by Crippen LogP contribution is -2.27. The molecule has 2 heterocycles. The van der Waals surface area contributed by atoms with E-state index in [0.717, 1.165) is 23.4 Å². The van der Waals surface area contributed by atoms with Crippen LogP contribution >= 0.6 is 11.3 Å². The van der Waals surface area contributed by atoms with Gasteiger partial charge in [-0.15, -0.1) is 0 Å². The van der Waals surface area contributed by atoms with E-state index in [1.165, 1.54) is 11.3 Å². The second kappa shape index (κ2) is 6.90. The highest BCUT2D eigenvalue weighted by Gasteiger charge is 2.32. The van der Waals surface area contributed by atoms with E-state index in [0.29, 0.717) is 28.3 Å². The van der Waals surface area contributed by atoms with Gasteiger partial charge >= 0.3 is 6.09 Å². The lowest BCUT2D eigenvalue weighted by atomic mass is 10.2. The van der Waals surface area contributed by atoms with Crippen molar-refractivity contribution in [1.29, 1.82) is 0 Å². The highest BCUT2D eigenvalue weighted by atomic mass is 32.1. The van der Waals surface area contributed by atoms with Gasteiger partial charge in [0.1, 0.15) is 11.1 Å². The van der Waals surface area contributed by atoms with E-state index >= 15 is 0 Å². The van der Waals surface area contributed by atoms with Gasteiger partial charge in [-0.2, -0.15) is 4.98 Å². The van der Waals surface area contributed by atoms with Crippen LogP contribution in [0, 0.1) is 0 Å². The van der Waals surface area contributed by atoms with Crippen LogP contribution in [0.1, 0.15) is 33.6 Å². The van der Waals surface area contributed by atoms with E-state index in [1.54, 1.807) is 6.20 Å². The molecule has 1 aliphatic rings. The van der Waals surface area contributed by atoms with E-state index in [-0.39, 0.29) is 0 Å². The lowest BCUT2D eigenvalue weighted by molar-refractivity contribution is 0.0636. The summed E-state index contributed by atoms with van der Waals surface area (Å²) in [5.74, 6) is 0.605. The summed E-state index contributed by atoms with van der Waals surface area (Å²) in [6.07, 6.45) is 3.34. The number of ether oxygens (including phenoxy) is 1. The lowest BCUT2D eigenvalue weighted by Gasteiger charge is -2.23. The van der Waals surface area contributed by atoms with Crippen LogP contribution in [-0.2, 0) is 4.74 Å². The first-order chi connectivity index (χ1) is 13.3. The quantitative estimate of drug-likeness (QED) is 0.674. The molecule has 0 saturated heterocycles. The number of carbonyl (C=O) groups excluding carboxylic acids is 1. The van der Waals surface area contributed by atoms with Crippen LogP contribution in [0.25, 0.3) is 10.3 Å². The molecule has 0 bridgehead atoms. The van der Waals surface area contributed by atoms with Crippen molar-refractivity contribution < 1.29 is 9.53 Å². The largest absolute Gasteiger partial charge is 0.444 e. The minimum atomic E-state index is -0.554. The Morgan fingerprint density at radius 1 is 1.32 bits per heavy atom. The van der Waals surface area contributed by atoms with Gasteiger partial charge < -0.3 is 15.4 Å². The first kappa shape index (κ1) is 18.4. The minimum absolute atomic E-state index is 0.333. The predicted molar refractivity (Wildman–Crippen MR) is 111 cm³/mol. The molecule has 3 N–H and O–H groups in total. The Balaban J connectivity index is 1.62. The van der Waals surface area contributed by atoms with Crippen molar-refractivity contribution in [2.45, 2.75) is 45.3 Å². The topological polar surface area (TPSA) is 106 Å². The van der Waals surface area contributed by atoms with Crippen LogP contribution in [0.3, 0.4) is 0 Å². The van der Waals surface area contributed by atoms with Crippen LogP contribution in [0.15, 0.2) is 30.5 Å².